The lowest BCUT2D eigenvalue weighted by Gasteiger charge is -2.34. The van der Waals surface area contributed by atoms with Gasteiger partial charge in [0.2, 0.25) is 11.8 Å². The first-order valence-corrected chi connectivity index (χ1v) is 9.89. The van der Waals surface area contributed by atoms with E-state index in [0.717, 1.165) is 10.8 Å². The van der Waals surface area contributed by atoms with Crippen molar-refractivity contribution in [1.29, 1.82) is 0 Å². The number of nitrogens with zero attached hydrogens (tertiary/aromatic N) is 3. The average Bonchev–Trinajstić information content (AvgIpc) is 3.16. The average molecular weight is 382 g/mol. The summed E-state index contributed by atoms with van der Waals surface area (Å²) in [6.45, 7) is 4.14. The van der Waals surface area contributed by atoms with Gasteiger partial charge in [0, 0.05) is 45.7 Å². The monoisotopic (exact) mass is 381 g/mol. The van der Waals surface area contributed by atoms with Crippen LogP contribution in [-0.2, 0) is 20.9 Å². The quantitative estimate of drug-likeness (QED) is 0.741. The summed E-state index contributed by atoms with van der Waals surface area (Å²) in [5, 5.41) is 9.08. The highest BCUT2D eigenvalue weighted by Crippen LogP contribution is 2.21. The number of piperidine rings is 1. The van der Waals surface area contributed by atoms with Crippen molar-refractivity contribution in [2.45, 2.75) is 13.0 Å². The maximum atomic E-state index is 12.7. The summed E-state index contributed by atoms with van der Waals surface area (Å²) in [6, 6.07) is 0. The Labute approximate surface area is 157 Å². The molecule has 0 aromatic carbocycles. The number of hydrogen-bond acceptors (Lipinski definition) is 7. The van der Waals surface area contributed by atoms with Gasteiger partial charge in [0.05, 0.1) is 37.3 Å². The molecule has 0 radical (unpaired) electrons. The van der Waals surface area contributed by atoms with Crippen LogP contribution >= 0.6 is 11.3 Å². The number of thiazole rings is 1. The molecule has 0 unspecified atom stereocenters. The van der Waals surface area contributed by atoms with E-state index in [2.05, 4.69) is 15.6 Å². The number of amides is 2. The number of nitrogens with one attached hydrogen (secondary N) is 2. The molecule has 3 heterocycles. The second kappa shape index (κ2) is 8.79. The SMILES string of the molecule is CN(C)c1nc(CNC(=O)[C@H]2CNC[C@@H](C(=O)N3CCOCC3)C2)cs1. The van der Waals surface area contributed by atoms with Crippen LogP contribution in [0.5, 0.6) is 0 Å². The van der Waals surface area contributed by atoms with E-state index in [1.165, 1.54) is 0 Å². The molecule has 9 heteroatoms. The molecule has 26 heavy (non-hydrogen) atoms. The van der Waals surface area contributed by atoms with Crippen molar-refractivity contribution in [1.82, 2.24) is 20.5 Å². The molecule has 1 aromatic rings. The number of anilines is 1. The fourth-order valence-corrected chi connectivity index (χ4v) is 4.03. The van der Waals surface area contributed by atoms with Crippen LogP contribution in [0.15, 0.2) is 5.38 Å². The normalized spacial score (nSPS) is 23.5. The van der Waals surface area contributed by atoms with E-state index in [1.54, 1.807) is 11.3 Å². The molecule has 0 aliphatic carbocycles. The topological polar surface area (TPSA) is 86.8 Å². The molecule has 2 fully saturated rings. The van der Waals surface area contributed by atoms with Gasteiger partial charge < -0.3 is 25.2 Å². The van der Waals surface area contributed by atoms with Crippen molar-refractivity contribution in [3.63, 3.8) is 0 Å². The van der Waals surface area contributed by atoms with Crippen LogP contribution in [0.2, 0.25) is 0 Å². The number of carbonyl (C=O) groups excluding carboxylic acids is 2. The van der Waals surface area contributed by atoms with E-state index < -0.39 is 0 Å². The van der Waals surface area contributed by atoms with Gasteiger partial charge in [-0.05, 0) is 6.42 Å². The number of aromatic nitrogens is 1. The fraction of sp³-hybridized carbons (Fsp3) is 0.706. The first kappa shape index (κ1) is 19.1. The number of morpholine rings is 1. The summed E-state index contributed by atoms with van der Waals surface area (Å²) >= 11 is 1.56. The van der Waals surface area contributed by atoms with Gasteiger partial charge in [0.25, 0.3) is 0 Å². The van der Waals surface area contributed by atoms with E-state index >= 15 is 0 Å². The van der Waals surface area contributed by atoms with E-state index in [-0.39, 0.29) is 23.7 Å². The van der Waals surface area contributed by atoms with Crippen molar-refractivity contribution < 1.29 is 14.3 Å². The van der Waals surface area contributed by atoms with Crippen LogP contribution in [-0.4, -0.2) is 75.2 Å². The highest BCUT2D eigenvalue weighted by Gasteiger charge is 2.33. The maximum absolute atomic E-state index is 12.7. The Morgan fingerprint density at radius 2 is 2.08 bits per heavy atom. The largest absolute Gasteiger partial charge is 0.378 e. The van der Waals surface area contributed by atoms with Gasteiger partial charge in [0.1, 0.15) is 0 Å². The zero-order chi connectivity index (χ0) is 18.5. The number of rotatable bonds is 5. The Morgan fingerprint density at radius 3 is 2.77 bits per heavy atom. The molecule has 2 N–H and O–H groups in total. The van der Waals surface area contributed by atoms with Gasteiger partial charge in [-0.2, -0.15) is 0 Å². The highest BCUT2D eigenvalue weighted by atomic mass is 32.1. The van der Waals surface area contributed by atoms with Crippen LogP contribution in [0.4, 0.5) is 5.13 Å². The van der Waals surface area contributed by atoms with E-state index in [1.807, 2.05) is 29.3 Å². The minimum absolute atomic E-state index is 0.0172. The lowest BCUT2D eigenvalue weighted by molar-refractivity contribution is -0.141. The van der Waals surface area contributed by atoms with Gasteiger partial charge in [0.15, 0.2) is 5.13 Å². The zero-order valence-electron chi connectivity index (χ0n) is 15.4. The molecular formula is C17H27N5O3S. The predicted molar refractivity (Wildman–Crippen MR) is 100 cm³/mol. The smallest absolute Gasteiger partial charge is 0.227 e. The molecule has 8 nitrogen and oxygen atoms in total. The number of carbonyl (C=O) groups is 2. The van der Waals surface area contributed by atoms with E-state index in [0.29, 0.717) is 52.4 Å². The van der Waals surface area contributed by atoms with Crippen molar-refractivity contribution in [2.75, 3.05) is 58.4 Å². The summed E-state index contributed by atoms with van der Waals surface area (Å²) in [5.41, 5.74) is 0.858. The van der Waals surface area contributed by atoms with Crippen LogP contribution < -0.4 is 15.5 Å². The number of hydrogen-bond donors (Lipinski definition) is 2. The Morgan fingerprint density at radius 1 is 1.35 bits per heavy atom. The Hall–Kier alpha value is -1.71. The molecule has 2 aliphatic rings. The summed E-state index contributed by atoms with van der Waals surface area (Å²) in [4.78, 5) is 33.5. The van der Waals surface area contributed by atoms with Crippen molar-refractivity contribution >= 4 is 28.3 Å². The molecule has 144 valence electrons. The first-order valence-electron chi connectivity index (χ1n) is 9.01. The summed E-state index contributed by atoms with van der Waals surface area (Å²) < 4.78 is 5.31. The molecule has 1 aromatic heterocycles. The van der Waals surface area contributed by atoms with Crippen LogP contribution in [0.25, 0.3) is 0 Å². The molecule has 2 atom stereocenters. The second-order valence-electron chi connectivity index (χ2n) is 6.96. The molecule has 3 rings (SSSR count). The van der Waals surface area contributed by atoms with Crippen LogP contribution in [0.1, 0.15) is 12.1 Å². The Bertz CT molecular complexity index is 630. The van der Waals surface area contributed by atoms with E-state index in [4.69, 9.17) is 4.74 Å². The summed E-state index contributed by atoms with van der Waals surface area (Å²) in [7, 11) is 3.89. The minimum atomic E-state index is -0.189. The summed E-state index contributed by atoms with van der Waals surface area (Å²) in [6.07, 6.45) is 0.592. The zero-order valence-corrected chi connectivity index (χ0v) is 16.2. The van der Waals surface area contributed by atoms with E-state index in [9.17, 15) is 9.59 Å². The third kappa shape index (κ3) is 4.72. The molecule has 2 aliphatic heterocycles. The lowest BCUT2D eigenvalue weighted by Crippen LogP contribution is -2.51. The third-order valence-corrected chi connectivity index (χ3v) is 5.82. The number of ether oxygens (including phenoxy) is 1. The summed E-state index contributed by atoms with van der Waals surface area (Å²) in [5.74, 6) is -0.215. The minimum Gasteiger partial charge on any atom is -0.378 e. The van der Waals surface area contributed by atoms with Crippen molar-refractivity contribution in [3.05, 3.63) is 11.1 Å². The maximum Gasteiger partial charge on any atom is 0.227 e. The molecule has 0 spiro atoms. The molecule has 2 saturated heterocycles. The van der Waals surface area contributed by atoms with Crippen LogP contribution in [0.3, 0.4) is 0 Å². The van der Waals surface area contributed by atoms with Gasteiger partial charge in [-0.1, -0.05) is 0 Å². The first-order chi connectivity index (χ1) is 12.5. The predicted octanol–water partition coefficient (Wildman–Crippen LogP) is -0.0902. The molecule has 0 saturated carbocycles. The third-order valence-electron chi connectivity index (χ3n) is 4.76. The Kier molecular flexibility index (Phi) is 6.44. The lowest BCUT2D eigenvalue weighted by atomic mass is 9.88. The highest BCUT2D eigenvalue weighted by molar-refractivity contribution is 7.13. The van der Waals surface area contributed by atoms with Gasteiger partial charge in [-0.15, -0.1) is 11.3 Å². The van der Waals surface area contributed by atoms with Gasteiger partial charge >= 0.3 is 0 Å². The standard InChI is InChI=1S/C17H27N5O3S/c1-21(2)17-20-14(11-26-17)10-19-15(23)12-7-13(9-18-8-12)16(24)22-3-5-25-6-4-22/h11-13,18H,3-10H2,1-2H3,(H,19,23)/t12-,13+/m1/s1. The van der Waals surface area contributed by atoms with Gasteiger partial charge in [-0.25, -0.2) is 4.98 Å². The molecule has 0 bridgehead atoms. The Balaban J connectivity index is 1.49. The van der Waals surface area contributed by atoms with Crippen LogP contribution in [0, 0.1) is 11.8 Å². The molecule has 2 amide bonds. The van der Waals surface area contributed by atoms with Crippen molar-refractivity contribution in [2.24, 2.45) is 11.8 Å². The molecular weight excluding hydrogens is 354 g/mol. The van der Waals surface area contributed by atoms with Gasteiger partial charge in [-0.3, -0.25) is 9.59 Å². The fourth-order valence-electron chi connectivity index (χ4n) is 3.28. The second-order valence-corrected chi connectivity index (χ2v) is 7.80. The van der Waals surface area contributed by atoms with Crippen molar-refractivity contribution in [3.8, 4) is 0 Å².